The standard InChI is InChI=1S/C10H10BrNO2S/c11-8-2-4-9(5-3-8)15-14-10(13)12-6-1-7-12/h2-5H,1,6-7H2. The van der Waals surface area contributed by atoms with E-state index in [1.165, 1.54) is 0 Å². The van der Waals surface area contributed by atoms with Gasteiger partial charge in [0, 0.05) is 22.5 Å². The summed E-state index contributed by atoms with van der Waals surface area (Å²) in [4.78, 5) is 13.9. The summed E-state index contributed by atoms with van der Waals surface area (Å²) < 4.78 is 6.07. The predicted molar refractivity (Wildman–Crippen MR) is 62.7 cm³/mol. The molecule has 0 aliphatic carbocycles. The molecule has 0 radical (unpaired) electrons. The number of carbonyl (C=O) groups excluding carboxylic acids is 1. The van der Waals surface area contributed by atoms with Crippen LogP contribution in [0.3, 0.4) is 0 Å². The van der Waals surface area contributed by atoms with Crippen LogP contribution in [-0.2, 0) is 4.18 Å². The molecule has 1 saturated heterocycles. The van der Waals surface area contributed by atoms with Crippen LogP contribution >= 0.6 is 28.0 Å². The van der Waals surface area contributed by atoms with E-state index in [9.17, 15) is 4.79 Å². The van der Waals surface area contributed by atoms with Gasteiger partial charge < -0.3 is 9.08 Å². The fourth-order valence-corrected chi connectivity index (χ4v) is 1.91. The van der Waals surface area contributed by atoms with Crippen LogP contribution in [0.4, 0.5) is 4.79 Å². The van der Waals surface area contributed by atoms with Crippen LogP contribution in [0.5, 0.6) is 0 Å². The number of halogens is 1. The first-order valence-corrected chi connectivity index (χ1v) is 6.18. The Bertz CT molecular complexity index is 351. The molecule has 1 aromatic rings. The van der Waals surface area contributed by atoms with Crippen molar-refractivity contribution in [2.75, 3.05) is 13.1 Å². The molecular formula is C10H10BrNO2S. The number of likely N-dealkylation sites (tertiary alicyclic amines) is 1. The van der Waals surface area contributed by atoms with Crippen LogP contribution in [0.1, 0.15) is 6.42 Å². The molecule has 2 rings (SSSR count). The summed E-state index contributed by atoms with van der Waals surface area (Å²) >= 11 is 4.45. The molecule has 5 heteroatoms. The van der Waals surface area contributed by atoms with Crippen LogP contribution in [0, 0.1) is 0 Å². The first-order chi connectivity index (χ1) is 7.25. The lowest BCUT2D eigenvalue weighted by molar-refractivity contribution is 0.132. The Balaban J connectivity index is 1.82. The van der Waals surface area contributed by atoms with Crippen molar-refractivity contribution in [3.63, 3.8) is 0 Å². The highest BCUT2D eigenvalue weighted by molar-refractivity contribution is 9.10. The van der Waals surface area contributed by atoms with Crippen LogP contribution < -0.4 is 0 Å². The molecule has 1 aliphatic heterocycles. The number of carbonyl (C=O) groups is 1. The Morgan fingerprint density at radius 2 is 2.00 bits per heavy atom. The number of rotatable bonds is 2. The van der Waals surface area contributed by atoms with Crippen LogP contribution in [0.25, 0.3) is 0 Å². The molecule has 1 aromatic carbocycles. The Labute approximate surface area is 101 Å². The number of hydrogen-bond donors (Lipinski definition) is 0. The maximum Gasteiger partial charge on any atom is 0.422 e. The molecule has 0 bridgehead atoms. The number of amides is 1. The van der Waals surface area contributed by atoms with Crippen molar-refractivity contribution in [3.05, 3.63) is 28.7 Å². The summed E-state index contributed by atoms with van der Waals surface area (Å²) in [5.74, 6) is 0. The van der Waals surface area contributed by atoms with Crippen molar-refractivity contribution in [1.82, 2.24) is 4.90 Å². The lowest BCUT2D eigenvalue weighted by Gasteiger charge is -2.28. The maximum absolute atomic E-state index is 11.3. The lowest BCUT2D eigenvalue weighted by Crippen LogP contribution is -2.41. The fourth-order valence-electron chi connectivity index (χ4n) is 1.13. The molecule has 1 fully saturated rings. The first-order valence-electron chi connectivity index (χ1n) is 4.65. The van der Waals surface area contributed by atoms with Gasteiger partial charge in [0.15, 0.2) is 0 Å². The summed E-state index contributed by atoms with van der Waals surface area (Å²) in [6.07, 6.45) is 0.840. The molecule has 0 spiro atoms. The molecule has 0 saturated carbocycles. The van der Waals surface area contributed by atoms with Gasteiger partial charge in [0.05, 0.1) is 12.0 Å². The molecular weight excluding hydrogens is 278 g/mol. The second-order valence-corrected chi connectivity index (χ2v) is 4.95. The smallest absolute Gasteiger partial charge is 0.370 e. The van der Waals surface area contributed by atoms with E-state index < -0.39 is 0 Å². The Hall–Kier alpha value is -0.680. The van der Waals surface area contributed by atoms with Gasteiger partial charge in [-0.1, -0.05) is 15.9 Å². The van der Waals surface area contributed by atoms with Crippen molar-refractivity contribution in [2.45, 2.75) is 11.3 Å². The fraction of sp³-hybridized carbons (Fsp3) is 0.300. The highest BCUT2D eigenvalue weighted by Gasteiger charge is 2.21. The molecule has 1 amide bonds. The SMILES string of the molecule is O=C(OSc1ccc(Br)cc1)N1CCC1. The molecule has 15 heavy (non-hydrogen) atoms. The highest BCUT2D eigenvalue weighted by atomic mass is 79.9. The van der Waals surface area contributed by atoms with Gasteiger partial charge in [-0.25, -0.2) is 4.79 Å². The summed E-state index contributed by atoms with van der Waals surface area (Å²) in [5, 5.41) is 0. The minimum Gasteiger partial charge on any atom is -0.370 e. The third-order valence-electron chi connectivity index (χ3n) is 2.14. The van der Waals surface area contributed by atoms with E-state index in [4.69, 9.17) is 4.18 Å². The van der Waals surface area contributed by atoms with Crippen molar-refractivity contribution in [1.29, 1.82) is 0 Å². The zero-order chi connectivity index (χ0) is 10.7. The van der Waals surface area contributed by atoms with Gasteiger partial charge in [-0.15, -0.1) is 0 Å². The molecule has 1 aliphatic rings. The molecule has 0 unspecified atom stereocenters. The average Bonchev–Trinajstić information content (AvgIpc) is 2.14. The molecule has 0 aromatic heterocycles. The van der Waals surface area contributed by atoms with Gasteiger partial charge in [-0.3, -0.25) is 0 Å². The minimum atomic E-state index is -0.242. The molecule has 0 N–H and O–H groups in total. The van der Waals surface area contributed by atoms with E-state index in [0.717, 1.165) is 40.9 Å². The summed E-state index contributed by atoms with van der Waals surface area (Å²) in [6, 6.07) is 7.63. The number of hydrogen-bond acceptors (Lipinski definition) is 3. The maximum atomic E-state index is 11.3. The van der Waals surface area contributed by atoms with E-state index in [1.54, 1.807) is 4.90 Å². The van der Waals surface area contributed by atoms with Gasteiger partial charge in [-0.05, 0) is 30.7 Å². The quantitative estimate of drug-likeness (QED) is 0.782. The Morgan fingerprint density at radius 1 is 1.33 bits per heavy atom. The van der Waals surface area contributed by atoms with Crippen LogP contribution in [0.2, 0.25) is 0 Å². The zero-order valence-electron chi connectivity index (χ0n) is 7.98. The van der Waals surface area contributed by atoms with Crippen molar-refractivity contribution in [2.24, 2.45) is 0 Å². The van der Waals surface area contributed by atoms with Gasteiger partial charge in [-0.2, -0.15) is 0 Å². The summed E-state index contributed by atoms with van der Waals surface area (Å²) in [7, 11) is 0. The third kappa shape index (κ3) is 2.89. The predicted octanol–water partition coefficient (Wildman–Crippen LogP) is 3.30. The van der Waals surface area contributed by atoms with Crippen LogP contribution in [-0.4, -0.2) is 24.1 Å². The lowest BCUT2D eigenvalue weighted by atomic mass is 10.2. The topological polar surface area (TPSA) is 29.5 Å². The number of nitrogens with zero attached hydrogens (tertiary/aromatic N) is 1. The number of benzene rings is 1. The van der Waals surface area contributed by atoms with Crippen molar-refractivity contribution >= 4 is 34.1 Å². The highest BCUT2D eigenvalue weighted by Crippen LogP contribution is 2.23. The van der Waals surface area contributed by atoms with E-state index in [-0.39, 0.29) is 6.09 Å². The van der Waals surface area contributed by atoms with E-state index >= 15 is 0 Å². The summed E-state index contributed by atoms with van der Waals surface area (Å²) in [5.41, 5.74) is 0. The van der Waals surface area contributed by atoms with Gasteiger partial charge in [0.25, 0.3) is 0 Å². The molecule has 0 atom stereocenters. The first kappa shape index (κ1) is 10.8. The van der Waals surface area contributed by atoms with Crippen molar-refractivity contribution < 1.29 is 8.98 Å². The second kappa shape index (κ2) is 4.90. The monoisotopic (exact) mass is 287 g/mol. The Morgan fingerprint density at radius 3 is 2.53 bits per heavy atom. The third-order valence-corrected chi connectivity index (χ3v) is 3.36. The summed E-state index contributed by atoms with van der Waals surface area (Å²) in [6.45, 7) is 1.64. The van der Waals surface area contributed by atoms with Crippen LogP contribution in [0.15, 0.2) is 33.6 Å². The minimum absolute atomic E-state index is 0.242. The van der Waals surface area contributed by atoms with E-state index in [0.29, 0.717) is 0 Å². The Kier molecular flexibility index (Phi) is 3.53. The van der Waals surface area contributed by atoms with Crippen molar-refractivity contribution in [3.8, 4) is 0 Å². The van der Waals surface area contributed by atoms with Gasteiger partial charge >= 0.3 is 6.09 Å². The van der Waals surface area contributed by atoms with Gasteiger partial charge in [0.1, 0.15) is 0 Å². The molecule has 3 nitrogen and oxygen atoms in total. The van der Waals surface area contributed by atoms with E-state index in [1.807, 2.05) is 24.3 Å². The average molecular weight is 288 g/mol. The molecule has 1 heterocycles. The second-order valence-electron chi connectivity index (χ2n) is 3.23. The normalized spacial score (nSPS) is 14.6. The zero-order valence-corrected chi connectivity index (χ0v) is 10.4. The largest absolute Gasteiger partial charge is 0.422 e. The molecule has 80 valence electrons. The van der Waals surface area contributed by atoms with Gasteiger partial charge in [0.2, 0.25) is 0 Å². The van der Waals surface area contributed by atoms with E-state index in [2.05, 4.69) is 15.9 Å².